The first-order chi connectivity index (χ1) is 7.79. The van der Waals surface area contributed by atoms with E-state index in [2.05, 4.69) is 4.98 Å². The van der Waals surface area contributed by atoms with Crippen molar-refractivity contribution in [3.8, 4) is 6.07 Å². The predicted molar refractivity (Wildman–Crippen MR) is 43.5 cm³/mol. The molecule has 92 valence electrons. The van der Waals surface area contributed by atoms with E-state index in [1.165, 1.54) is 6.07 Å². The van der Waals surface area contributed by atoms with Crippen LogP contribution in [0.3, 0.4) is 0 Å². The lowest BCUT2D eigenvalue weighted by Gasteiger charge is -2.14. The Morgan fingerprint density at radius 2 is 1.94 bits per heavy atom. The number of pyridine rings is 1. The summed E-state index contributed by atoms with van der Waals surface area (Å²) < 4.78 is 75.1. The topological polar surface area (TPSA) is 36.7 Å². The fourth-order valence-corrected chi connectivity index (χ4v) is 1.26. The number of hydrogen-bond acceptors (Lipinski definition) is 2. The van der Waals surface area contributed by atoms with Gasteiger partial charge in [-0.15, -0.1) is 0 Å². The Morgan fingerprint density at radius 3 is 2.35 bits per heavy atom. The van der Waals surface area contributed by atoms with Crippen molar-refractivity contribution in [1.29, 1.82) is 5.26 Å². The Balaban J connectivity index is 3.54. The van der Waals surface area contributed by atoms with Gasteiger partial charge in [0.05, 0.1) is 24.3 Å². The zero-order chi connectivity index (χ0) is 13.2. The molecule has 0 aliphatic carbocycles. The molecule has 1 aromatic heterocycles. The van der Waals surface area contributed by atoms with Gasteiger partial charge in [0.25, 0.3) is 6.43 Å². The summed E-state index contributed by atoms with van der Waals surface area (Å²) in [6.45, 7) is 0. The molecule has 1 aromatic rings. The van der Waals surface area contributed by atoms with Gasteiger partial charge in [-0.2, -0.15) is 18.4 Å². The van der Waals surface area contributed by atoms with Crippen LogP contribution in [-0.2, 0) is 12.6 Å². The van der Waals surface area contributed by atoms with E-state index in [9.17, 15) is 26.3 Å². The van der Waals surface area contributed by atoms with Crippen molar-refractivity contribution in [2.75, 3.05) is 0 Å². The van der Waals surface area contributed by atoms with E-state index >= 15 is 0 Å². The van der Waals surface area contributed by atoms with E-state index in [1.54, 1.807) is 0 Å². The molecule has 0 saturated carbocycles. The summed E-state index contributed by atoms with van der Waals surface area (Å²) in [5.74, 6) is -1.35. The number of rotatable bonds is 2. The monoisotopic (exact) mass is 254 g/mol. The number of nitriles is 1. The summed E-state index contributed by atoms with van der Waals surface area (Å²) in [6, 6.07) is 1.33. The Bertz CT molecular complexity index is 460. The minimum atomic E-state index is -5.12. The van der Waals surface area contributed by atoms with Gasteiger partial charge in [0.2, 0.25) is 0 Å². The van der Waals surface area contributed by atoms with E-state index in [-0.39, 0.29) is 6.20 Å². The highest BCUT2D eigenvalue weighted by molar-refractivity contribution is 5.35. The molecule has 0 saturated heterocycles. The summed E-state index contributed by atoms with van der Waals surface area (Å²) in [7, 11) is 0. The molecule has 0 aromatic carbocycles. The molecule has 0 unspecified atom stereocenters. The van der Waals surface area contributed by atoms with Gasteiger partial charge >= 0.3 is 6.18 Å². The summed E-state index contributed by atoms with van der Waals surface area (Å²) in [5.41, 5.74) is -4.40. The molecule has 0 amide bonds. The van der Waals surface area contributed by atoms with Gasteiger partial charge in [-0.25, -0.2) is 18.2 Å². The number of halogens is 6. The third kappa shape index (κ3) is 2.67. The highest BCUT2D eigenvalue weighted by Crippen LogP contribution is 2.37. The first kappa shape index (κ1) is 13.3. The normalized spacial score (nSPS) is 11.6. The van der Waals surface area contributed by atoms with E-state index in [0.29, 0.717) is 0 Å². The Morgan fingerprint density at radius 1 is 1.35 bits per heavy atom. The van der Waals surface area contributed by atoms with Crippen LogP contribution >= 0.6 is 0 Å². The maximum atomic E-state index is 13.1. The zero-order valence-corrected chi connectivity index (χ0v) is 8.02. The van der Waals surface area contributed by atoms with Crippen molar-refractivity contribution in [3.05, 3.63) is 28.8 Å². The molecule has 0 aliphatic rings. The van der Waals surface area contributed by atoms with Crippen LogP contribution in [0, 0.1) is 17.1 Å². The molecule has 0 fully saturated rings. The second kappa shape index (κ2) is 4.61. The van der Waals surface area contributed by atoms with Crippen molar-refractivity contribution >= 4 is 0 Å². The molecule has 1 heterocycles. The van der Waals surface area contributed by atoms with Gasteiger partial charge in [0, 0.05) is 5.56 Å². The second-order valence-corrected chi connectivity index (χ2v) is 2.98. The molecule has 0 aliphatic heterocycles. The number of hydrogen-bond donors (Lipinski definition) is 0. The predicted octanol–water partition coefficient (Wildman–Crippen LogP) is 3.24. The zero-order valence-electron chi connectivity index (χ0n) is 8.02. The first-order valence-corrected chi connectivity index (χ1v) is 4.18. The van der Waals surface area contributed by atoms with E-state index in [4.69, 9.17) is 5.26 Å². The Kier molecular flexibility index (Phi) is 3.60. The van der Waals surface area contributed by atoms with Crippen molar-refractivity contribution in [3.63, 3.8) is 0 Å². The van der Waals surface area contributed by atoms with Crippen molar-refractivity contribution in [2.24, 2.45) is 0 Å². The largest absolute Gasteiger partial charge is 0.433 e. The fourth-order valence-electron chi connectivity index (χ4n) is 1.26. The van der Waals surface area contributed by atoms with Crippen molar-refractivity contribution in [2.45, 2.75) is 19.0 Å². The van der Waals surface area contributed by atoms with Crippen LogP contribution in [0.5, 0.6) is 0 Å². The standard InChI is InChI=1S/C9H4F6N2/c10-5-3-17-7(9(13,14)15)6(8(11)12)4(5)1-2-16/h3,8H,1H2. The third-order valence-corrected chi connectivity index (χ3v) is 1.92. The van der Waals surface area contributed by atoms with E-state index in [0.717, 1.165) is 0 Å². The minimum Gasteiger partial charge on any atom is -0.248 e. The Labute approximate surface area is 91.5 Å². The van der Waals surface area contributed by atoms with Crippen LogP contribution in [0.4, 0.5) is 26.3 Å². The molecule has 2 nitrogen and oxygen atoms in total. The maximum absolute atomic E-state index is 13.1. The fraction of sp³-hybridized carbons (Fsp3) is 0.333. The summed E-state index contributed by atoms with van der Waals surface area (Å²) in [6.07, 6.45) is -9.37. The minimum absolute atomic E-state index is 0.182. The van der Waals surface area contributed by atoms with Crippen LogP contribution < -0.4 is 0 Å². The molecular formula is C9H4F6N2. The maximum Gasteiger partial charge on any atom is 0.433 e. The van der Waals surface area contributed by atoms with Crippen LogP contribution in [0.2, 0.25) is 0 Å². The average Bonchev–Trinajstić information content (AvgIpc) is 2.18. The summed E-state index contributed by atoms with van der Waals surface area (Å²) in [4.78, 5) is 2.62. The third-order valence-electron chi connectivity index (χ3n) is 1.92. The van der Waals surface area contributed by atoms with Crippen LogP contribution in [0.15, 0.2) is 6.20 Å². The van der Waals surface area contributed by atoms with Gasteiger partial charge in [-0.1, -0.05) is 0 Å². The molecule has 0 radical (unpaired) electrons. The first-order valence-electron chi connectivity index (χ1n) is 4.18. The summed E-state index contributed by atoms with van der Waals surface area (Å²) in [5, 5.41) is 8.28. The van der Waals surface area contributed by atoms with Gasteiger partial charge in [0.15, 0.2) is 5.69 Å². The smallest absolute Gasteiger partial charge is 0.248 e. The molecule has 0 spiro atoms. The molecule has 0 atom stereocenters. The van der Waals surface area contributed by atoms with Crippen molar-refractivity contribution in [1.82, 2.24) is 4.98 Å². The van der Waals surface area contributed by atoms with Crippen LogP contribution in [-0.4, -0.2) is 4.98 Å². The van der Waals surface area contributed by atoms with Gasteiger partial charge in [-0.3, -0.25) is 0 Å². The molecule has 17 heavy (non-hydrogen) atoms. The lowest BCUT2D eigenvalue weighted by atomic mass is 10.0. The average molecular weight is 254 g/mol. The number of alkyl halides is 5. The molecule has 0 bridgehead atoms. The van der Waals surface area contributed by atoms with Crippen LogP contribution in [0.25, 0.3) is 0 Å². The van der Waals surface area contributed by atoms with Crippen LogP contribution in [0.1, 0.15) is 23.2 Å². The lowest BCUT2D eigenvalue weighted by Crippen LogP contribution is -2.15. The van der Waals surface area contributed by atoms with E-state index < -0.39 is 41.7 Å². The molecular weight excluding hydrogens is 250 g/mol. The molecule has 1 rings (SSSR count). The Hall–Kier alpha value is -1.78. The van der Waals surface area contributed by atoms with Gasteiger partial charge in [-0.05, 0) is 0 Å². The lowest BCUT2D eigenvalue weighted by molar-refractivity contribution is -0.143. The molecule has 0 N–H and O–H groups in total. The van der Waals surface area contributed by atoms with Gasteiger partial charge < -0.3 is 0 Å². The number of nitrogens with zero attached hydrogens (tertiary/aromatic N) is 2. The highest BCUT2D eigenvalue weighted by atomic mass is 19.4. The second-order valence-electron chi connectivity index (χ2n) is 2.98. The quantitative estimate of drug-likeness (QED) is 0.759. The molecule has 8 heteroatoms. The number of aromatic nitrogens is 1. The van der Waals surface area contributed by atoms with Gasteiger partial charge in [0.1, 0.15) is 5.82 Å². The SMILES string of the molecule is N#CCc1c(F)cnc(C(F)(F)F)c1C(F)F. The van der Waals surface area contributed by atoms with Crippen molar-refractivity contribution < 1.29 is 26.3 Å². The summed E-state index contributed by atoms with van der Waals surface area (Å²) >= 11 is 0. The van der Waals surface area contributed by atoms with E-state index in [1.807, 2.05) is 0 Å². The highest BCUT2D eigenvalue weighted by Gasteiger charge is 2.39.